The van der Waals surface area contributed by atoms with Gasteiger partial charge in [-0.25, -0.2) is 9.37 Å². The van der Waals surface area contributed by atoms with Crippen LogP contribution in [0.15, 0.2) is 46.9 Å². The SMILES string of the molecule is Cc1ccc(-c2nnc(Cc3nc4c(F)cccc4s3)o2)cc1. The first-order chi connectivity index (χ1) is 11.2. The van der Waals surface area contributed by atoms with Crippen LogP contribution in [0.5, 0.6) is 0 Å². The summed E-state index contributed by atoms with van der Waals surface area (Å²) in [6.07, 6.45) is 0.400. The van der Waals surface area contributed by atoms with Crippen molar-refractivity contribution in [2.45, 2.75) is 13.3 Å². The molecule has 0 N–H and O–H groups in total. The summed E-state index contributed by atoms with van der Waals surface area (Å²) in [5.74, 6) is 0.642. The Balaban J connectivity index is 1.61. The van der Waals surface area contributed by atoms with Crippen LogP contribution in [0.25, 0.3) is 21.7 Å². The average Bonchev–Trinajstić information content (AvgIpc) is 3.16. The molecule has 2 heterocycles. The van der Waals surface area contributed by atoms with Crippen LogP contribution in [-0.4, -0.2) is 15.2 Å². The van der Waals surface area contributed by atoms with Crippen molar-refractivity contribution in [3.8, 4) is 11.5 Å². The Morgan fingerprint density at radius 1 is 1.09 bits per heavy atom. The number of para-hydroxylation sites is 1. The Morgan fingerprint density at radius 3 is 2.70 bits per heavy atom. The lowest BCUT2D eigenvalue weighted by molar-refractivity contribution is 0.517. The highest BCUT2D eigenvalue weighted by Gasteiger charge is 2.13. The van der Waals surface area contributed by atoms with Gasteiger partial charge in [-0.3, -0.25) is 0 Å². The molecule has 2 aromatic heterocycles. The fourth-order valence-electron chi connectivity index (χ4n) is 2.30. The van der Waals surface area contributed by atoms with Crippen molar-refractivity contribution in [3.05, 3.63) is 64.7 Å². The summed E-state index contributed by atoms with van der Waals surface area (Å²) < 4.78 is 20.2. The van der Waals surface area contributed by atoms with Crippen molar-refractivity contribution in [3.63, 3.8) is 0 Å². The quantitative estimate of drug-likeness (QED) is 0.561. The molecule has 0 saturated heterocycles. The highest BCUT2D eigenvalue weighted by Crippen LogP contribution is 2.26. The normalized spacial score (nSPS) is 11.2. The Hall–Kier alpha value is -2.60. The van der Waals surface area contributed by atoms with E-state index in [-0.39, 0.29) is 5.82 Å². The number of thiazole rings is 1. The highest BCUT2D eigenvalue weighted by molar-refractivity contribution is 7.18. The van der Waals surface area contributed by atoms with Crippen molar-refractivity contribution < 1.29 is 8.81 Å². The van der Waals surface area contributed by atoms with Gasteiger partial charge in [-0.05, 0) is 31.2 Å². The first-order valence-electron chi connectivity index (χ1n) is 7.12. The van der Waals surface area contributed by atoms with E-state index in [0.29, 0.717) is 23.7 Å². The molecule has 0 saturated carbocycles. The van der Waals surface area contributed by atoms with Gasteiger partial charge in [0.05, 0.1) is 11.1 Å². The van der Waals surface area contributed by atoms with Crippen LogP contribution in [0.4, 0.5) is 4.39 Å². The van der Waals surface area contributed by atoms with Gasteiger partial charge in [-0.1, -0.05) is 23.8 Å². The molecule has 0 atom stereocenters. The van der Waals surface area contributed by atoms with Crippen LogP contribution < -0.4 is 0 Å². The molecule has 23 heavy (non-hydrogen) atoms. The van der Waals surface area contributed by atoms with Crippen LogP contribution in [0.3, 0.4) is 0 Å². The lowest BCUT2D eigenvalue weighted by atomic mass is 10.1. The number of aromatic nitrogens is 3. The fraction of sp³-hybridized carbons (Fsp3) is 0.118. The van der Waals surface area contributed by atoms with Gasteiger partial charge in [0.1, 0.15) is 16.3 Å². The maximum Gasteiger partial charge on any atom is 0.247 e. The predicted octanol–water partition coefficient (Wildman–Crippen LogP) is 4.38. The number of aryl methyl sites for hydroxylation is 1. The lowest BCUT2D eigenvalue weighted by Gasteiger charge is -1.95. The largest absolute Gasteiger partial charge is 0.420 e. The molecule has 0 aliphatic rings. The Kier molecular flexibility index (Phi) is 3.38. The molecule has 4 rings (SSSR count). The lowest BCUT2D eigenvalue weighted by Crippen LogP contribution is -1.87. The topological polar surface area (TPSA) is 51.8 Å². The van der Waals surface area contributed by atoms with E-state index in [1.807, 2.05) is 37.3 Å². The van der Waals surface area contributed by atoms with Crippen LogP contribution in [0, 0.1) is 12.7 Å². The zero-order valence-corrected chi connectivity index (χ0v) is 13.1. The molecule has 0 aliphatic heterocycles. The van der Waals surface area contributed by atoms with Gasteiger partial charge in [0, 0.05) is 5.56 Å². The Labute approximate surface area is 135 Å². The van der Waals surface area contributed by atoms with Gasteiger partial charge in [-0.2, -0.15) is 0 Å². The first-order valence-corrected chi connectivity index (χ1v) is 7.94. The minimum absolute atomic E-state index is 0.309. The number of nitrogens with zero attached hydrogens (tertiary/aromatic N) is 3. The second kappa shape index (κ2) is 5.55. The van der Waals surface area contributed by atoms with Gasteiger partial charge in [-0.15, -0.1) is 21.5 Å². The predicted molar refractivity (Wildman–Crippen MR) is 86.9 cm³/mol. The molecule has 2 aromatic carbocycles. The zero-order chi connectivity index (χ0) is 15.8. The van der Waals surface area contributed by atoms with Gasteiger partial charge in [0.25, 0.3) is 0 Å². The van der Waals surface area contributed by atoms with Gasteiger partial charge < -0.3 is 4.42 Å². The van der Waals surface area contributed by atoms with E-state index in [1.54, 1.807) is 6.07 Å². The average molecular weight is 325 g/mol. The first kappa shape index (κ1) is 14.0. The Morgan fingerprint density at radius 2 is 1.91 bits per heavy atom. The minimum Gasteiger partial charge on any atom is -0.420 e. The van der Waals surface area contributed by atoms with Crippen LogP contribution >= 0.6 is 11.3 Å². The summed E-state index contributed by atoms with van der Waals surface area (Å²) in [4.78, 5) is 4.32. The number of rotatable bonds is 3. The van der Waals surface area contributed by atoms with Crippen LogP contribution in [0.1, 0.15) is 16.5 Å². The van der Waals surface area contributed by atoms with E-state index in [0.717, 1.165) is 15.3 Å². The summed E-state index contributed by atoms with van der Waals surface area (Å²) >= 11 is 1.43. The van der Waals surface area contributed by atoms with E-state index in [2.05, 4.69) is 15.2 Å². The number of benzene rings is 2. The van der Waals surface area contributed by atoms with Crippen molar-refractivity contribution in [1.82, 2.24) is 15.2 Å². The third-order valence-electron chi connectivity index (χ3n) is 3.48. The Bertz CT molecular complexity index is 975. The van der Waals surface area contributed by atoms with Crippen LogP contribution in [0.2, 0.25) is 0 Å². The smallest absolute Gasteiger partial charge is 0.247 e. The number of halogens is 1. The van der Waals surface area contributed by atoms with Gasteiger partial charge in [0.2, 0.25) is 11.8 Å². The van der Waals surface area contributed by atoms with Crippen molar-refractivity contribution in [1.29, 1.82) is 0 Å². The third kappa shape index (κ3) is 2.73. The summed E-state index contributed by atoms with van der Waals surface area (Å²) in [6, 6.07) is 12.8. The minimum atomic E-state index is -0.309. The van der Waals surface area contributed by atoms with Gasteiger partial charge >= 0.3 is 0 Å². The van der Waals surface area contributed by atoms with Crippen LogP contribution in [-0.2, 0) is 6.42 Å². The molecule has 0 spiro atoms. The summed E-state index contributed by atoms with van der Waals surface area (Å²) in [5, 5.41) is 8.88. The van der Waals surface area contributed by atoms with Crippen molar-refractivity contribution in [2.24, 2.45) is 0 Å². The summed E-state index contributed by atoms with van der Waals surface area (Å²) in [5.41, 5.74) is 2.44. The van der Waals surface area contributed by atoms with E-state index in [9.17, 15) is 4.39 Å². The maximum atomic E-state index is 13.7. The molecule has 4 nitrogen and oxygen atoms in total. The molecule has 0 aliphatic carbocycles. The van der Waals surface area contributed by atoms with E-state index in [1.165, 1.54) is 23.0 Å². The third-order valence-corrected chi connectivity index (χ3v) is 4.50. The number of hydrogen-bond donors (Lipinski definition) is 0. The molecule has 0 unspecified atom stereocenters. The molecule has 4 aromatic rings. The van der Waals surface area contributed by atoms with E-state index >= 15 is 0 Å². The second-order valence-corrected chi connectivity index (χ2v) is 6.35. The standard InChI is InChI=1S/C17H12FN3OS/c1-10-5-7-11(8-6-10)17-21-20-14(22-17)9-15-19-16-12(18)3-2-4-13(16)23-15/h2-8H,9H2,1H3. The monoisotopic (exact) mass is 325 g/mol. The number of fused-ring (bicyclic) bond motifs is 1. The molecule has 0 fully saturated rings. The van der Waals surface area contributed by atoms with E-state index in [4.69, 9.17) is 4.42 Å². The molecule has 6 heteroatoms. The molecule has 114 valence electrons. The second-order valence-electron chi connectivity index (χ2n) is 5.24. The maximum absolute atomic E-state index is 13.7. The molecular formula is C17H12FN3OS. The zero-order valence-electron chi connectivity index (χ0n) is 12.3. The molecule has 0 bridgehead atoms. The van der Waals surface area contributed by atoms with Gasteiger partial charge in [0.15, 0.2) is 0 Å². The molecular weight excluding hydrogens is 313 g/mol. The van der Waals surface area contributed by atoms with Crippen molar-refractivity contribution >= 4 is 21.6 Å². The van der Waals surface area contributed by atoms with E-state index < -0.39 is 0 Å². The summed E-state index contributed by atoms with van der Waals surface area (Å²) in [6.45, 7) is 2.02. The highest BCUT2D eigenvalue weighted by atomic mass is 32.1. The number of hydrogen-bond acceptors (Lipinski definition) is 5. The molecule has 0 radical (unpaired) electrons. The summed E-state index contributed by atoms with van der Waals surface area (Å²) in [7, 11) is 0. The van der Waals surface area contributed by atoms with Crippen molar-refractivity contribution in [2.75, 3.05) is 0 Å². The fourth-order valence-corrected chi connectivity index (χ4v) is 3.28. The molecule has 0 amide bonds.